The van der Waals surface area contributed by atoms with Crippen LogP contribution in [0.3, 0.4) is 0 Å². The molecule has 0 amide bonds. The van der Waals surface area contributed by atoms with Gasteiger partial charge in [-0.05, 0) is 26.2 Å². The molecular formula is C11H18N2O3. The van der Waals surface area contributed by atoms with Gasteiger partial charge in [0, 0.05) is 19.3 Å². The van der Waals surface area contributed by atoms with E-state index in [2.05, 4.69) is 0 Å². The highest BCUT2D eigenvalue weighted by atomic mass is 16.5. The van der Waals surface area contributed by atoms with E-state index in [1.54, 1.807) is 18.3 Å². The molecule has 1 N–H and O–H groups in total. The van der Waals surface area contributed by atoms with Crippen molar-refractivity contribution in [3.05, 3.63) is 28.7 Å². The molecule has 1 rings (SSSR count). The van der Waals surface area contributed by atoms with Gasteiger partial charge in [0.1, 0.15) is 6.61 Å². The third-order valence-electron chi connectivity index (χ3n) is 2.12. The van der Waals surface area contributed by atoms with Crippen molar-refractivity contribution < 1.29 is 9.84 Å². The Hall–Kier alpha value is -1.33. The van der Waals surface area contributed by atoms with Crippen molar-refractivity contribution in [1.82, 2.24) is 9.47 Å². The van der Waals surface area contributed by atoms with E-state index in [1.165, 1.54) is 4.57 Å². The van der Waals surface area contributed by atoms with Gasteiger partial charge in [-0.3, -0.25) is 4.79 Å². The molecule has 5 heteroatoms. The summed E-state index contributed by atoms with van der Waals surface area (Å²) in [5.74, 6) is 0.331. The average molecular weight is 226 g/mol. The molecule has 0 aliphatic carbocycles. The Balaban J connectivity index is 2.66. The van der Waals surface area contributed by atoms with E-state index < -0.39 is 0 Å². The first kappa shape index (κ1) is 12.7. The van der Waals surface area contributed by atoms with E-state index in [9.17, 15) is 4.79 Å². The molecule has 0 aliphatic rings. The molecule has 1 aromatic heterocycles. The first-order valence-electron chi connectivity index (χ1n) is 5.23. The summed E-state index contributed by atoms with van der Waals surface area (Å²) in [4.78, 5) is 13.7. The number of aliphatic hydroxyl groups excluding tert-OH is 1. The standard InChI is InChI=1S/C11H18N2O3/c1-12(2)7-9-16-10-4-3-5-13(6-8-14)11(10)15/h3-5,14H,6-9H2,1-2H3. The summed E-state index contributed by atoms with van der Waals surface area (Å²) < 4.78 is 6.81. The Morgan fingerprint density at radius 3 is 2.88 bits per heavy atom. The van der Waals surface area contributed by atoms with Crippen LogP contribution in [0, 0.1) is 0 Å². The van der Waals surface area contributed by atoms with Gasteiger partial charge in [-0.15, -0.1) is 0 Å². The first-order chi connectivity index (χ1) is 7.65. The van der Waals surface area contributed by atoms with Crippen LogP contribution in [0.5, 0.6) is 5.75 Å². The summed E-state index contributed by atoms with van der Waals surface area (Å²) >= 11 is 0. The van der Waals surface area contributed by atoms with Crippen molar-refractivity contribution in [2.75, 3.05) is 33.9 Å². The fourth-order valence-electron chi connectivity index (χ4n) is 1.25. The van der Waals surface area contributed by atoms with E-state index in [4.69, 9.17) is 9.84 Å². The van der Waals surface area contributed by atoms with Crippen LogP contribution in [0.2, 0.25) is 0 Å². The third-order valence-corrected chi connectivity index (χ3v) is 2.12. The molecule has 0 saturated heterocycles. The second-order valence-electron chi connectivity index (χ2n) is 3.75. The largest absolute Gasteiger partial charge is 0.487 e. The number of ether oxygens (including phenoxy) is 1. The third kappa shape index (κ3) is 3.67. The van der Waals surface area contributed by atoms with Gasteiger partial charge in [0.2, 0.25) is 0 Å². The topological polar surface area (TPSA) is 54.7 Å². The molecule has 5 nitrogen and oxygen atoms in total. The van der Waals surface area contributed by atoms with Gasteiger partial charge in [0.25, 0.3) is 5.56 Å². The van der Waals surface area contributed by atoms with Gasteiger partial charge in [-0.25, -0.2) is 0 Å². The van der Waals surface area contributed by atoms with Crippen molar-refractivity contribution in [3.8, 4) is 5.75 Å². The predicted octanol–water partition coefficient (Wildman–Crippen LogP) is -0.219. The molecule has 0 aliphatic heterocycles. The van der Waals surface area contributed by atoms with Crippen molar-refractivity contribution in [3.63, 3.8) is 0 Å². The Kier molecular flexibility index (Phi) is 5.01. The quantitative estimate of drug-likeness (QED) is 0.728. The maximum atomic E-state index is 11.7. The van der Waals surface area contributed by atoms with Gasteiger partial charge in [-0.1, -0.05) is 0 Å². The SMILES string of the molecule is CN(C)CCOc1cccn(CCO)c1=O. The molecule has 0 spiro atoms. The number of aliphatic hydroxyl groups is 1. The zero-order valence-corrected chi connectivity index (χ0v) is 9.72. The molecule has 90 valence electrons. The van der Waals surface area contributed by atoms with E-state index in [0.717, 1.165) is 6.54 Å². The zero-order chi connectivity index (χ0) is 12.0. The van der Waals surface area contributed by atoms with Crippen LogP contribution in [-0.4, -0.2) is 48.4 Å². The van der Waals surface area contributed by atoms with Crippen LogP contribution in [0.4, 0.5) is 0 Å². The molecular weight excluding hydrogens is 208 g/mol. The normalized spacial score (nSPS) is 10.8. The molecule has 0 bridgehead atoms. The summed E-state index contributed by atoms with van der Waals surface area (Å²) in [6, 6.07) is 3.38. The van der Waals surface area contributed by atoms with Gasteiger partial charge >= 0.3 is 0 Å². The fourth-order valence-corrected chi connectivity index (χ4v) is 1.25. The maximum Gasteiger partial charge on any atom is 0.292 e. The van der Waals surface area contributed by atoms with E-state index >= 15 is 0 Å². The van der Waals surface area contributed by atoms with Crippen molar-refractivity contribution in [2.45, 2.75) is 6.54 Å². The number of nitrogens with zero attached hydrogens (tertiary/aromatic N) is 2. The van der Waals surface area contributed by atoms with Gasteiger partial charge in [0.05, 0.1) is 6.61 Å². The van der Waals surface area contributed by atoms with Crippen LogP contribution in [-0.2, 0) is 6.54 Å². The Morgan fingerprint density at radius 1 is 1.50 bits per heavy atom. The molecule has 0 saturated carbocycles. The Bertz CT molecular complexity index is 374. The minimum atomic E-state index is -0.199. The van der Waals surface area contributed by atoms with Crippen molar-refractivity contribution in [1.29, 1.82) is 0 Å². The Labute approximate surface area is 94.9 Å². The number of pyridine rings is 1. The molecule has 0 radical (unpaired) electrons. The van der Waals surface area contributed by atoms with Gasteiger partial charge in [0.15, 0.2) is 5.75 Å². The van der Waals surface area contributed by atoms with Crippen LogP contribution in [0.15, 0.2) is 23.1 Å². The number of hydrogen-bond acceptors (Lipinski definition) is 4. The Morgan fingerprint density at radius 2 is 2.25 bits per heavy atom. The van der Waals surface area contributed by atoms with Crippen LogP contribution >= 0.6 is 0 Å². The molecule has 1 heterocycles. The summed E-state index contributed by atoms with van der Waals surface area (Å²) in [5, 5.41) is 8.78. The summed E-state index contributed by atoms with van der Waals surface area (Å²) in [7, 11) is 3.89. The molecule has 1 aromatic rings. The number of likely N-dealkylation sites (N-methyl/N-ethyl adjacent to an activating group) is 1. The predicted molar refractivity (Wildman–Crippen MR) is 61.8 cm³/mol. The lowest BCUT2D eigenvalue weighted by Gasteiger charge is -2.11. The fraction of sp³-hybridized carbons (Fsp3) is 0.545. The number of hydrogen-bond donors (Lipinski definition) is 1. The van der Waals surface area contributed by atoms with Crippen LogP contribution in [0.1, 0.15) is 0 Å². The second kappa shape index (κ2) is 6.30. The summed E-state index contributed by atoms with van der Waals surface area (Å²) in [5.41, 5.74) is -0.199. The minimum absolute atomic E-state index is 0.0545. The smallest absolute Gasteiger partial charge is 0.292 e. The van der Waals surface area contributed by atoms with Crippen molar-refractivity contribution in [2.24, 2.45) is 0 Å². The zero-order valence-electron chi connectivity index (χ0n) is 9.72. The van der Waals surface area contributed by atoms with Crippen LogP contribution < -0.4 is 10.3 Å². The highest BCUT2D eigenvalue weighted by Crippen LogP contribution is 2.01. The van der Waals surface area contributed by atoms with Gasteiger partial charge < -0.3 is 19.3 Å². The molecule has 0 aromatic carbocycles. The highest BCUT2D eigenvalue weighted by molar-refractivity contribution is 5.17. The lowest BCUT2D eigenvalue weighted by molar-refractivity contribution is 0.252. The molecule has 0 unspecified atom stereocenters. The lowest BCUT2D eigenvalue weighted by atomic mass is 10.4. The minimum Gasteiger partial charge on any atom is -0.487 e. The maximum absolute atomic E-state index is 11.7. The number of aromatic nitrogens is 1. The van der Waals surface area contributed by atoms with Gasteiger partial charge in [-0.2, -0.15) is 0 Å². The average Bonchev–Trinajstić information content (AvgIpc) is 2.23. The molecule has 16 heavy (non-hydrogen) atoms. The van der Waals surface area contributed by atoms with Crippen molar-refractivity contribution >= 4 is 0 Å². The van der Waals surface area contributed by atoms with E-state index in [-0.39, 0.29) is 12.2 Å². The molecule has 0 fully saturated rings. The lowest BCUT2D eigenvalue weighted by Crippen LogP contribution is -2.25. The van der Waals surface area contributed by atoms with Crippen LogP contribution in [0.25, 0.3) is 0 Å². The first-order valence-corrected chi connectivity index (χ1v) is 5.23. The summed E-state index contributed by atoms with van der Waals surface area (Å²) in [6.45, 7) is 1.48. The highest BCUT2D eigenvalue weighted by Gasteiger charge is 2.03. The summed E-state index contributed by atoms with van der Waals surface area (Å²) in [6.07, 6.45) is 1.64. The monoisotopic (exact) mass is 226 g/mol. The van der Waals surface area contributed by atoms with E-state index in [0.29, 0.717) is 18.9 Å². The van der Waals surface area contributed by atoms with E-state index in [1.807, 2.05) is 19.0 Å². The molecule has 0 atom stereocenters. The second-order valence-corrected chi connectivity index (χ2v) is 3.75. The number of rotatable bonds is 6.